The molecule has 22 heavy (non-hydrogen) atoms. The lowest BCUT2D eigenvalue weighted by atomic mass is 10.1. The number of benzene rings is 2. The monoisotopic (exact) mass is 312 g/mol. The fourth-order valence-electron chi connectivity index (χ4n) is 2.87. The molecule has 0 spiro atoms. The molecule has 1 heterocycles. The van der Waals surface area contributed by atoms with Gasteiger partial charge in [0.2, 0.25) is 0 Å². The van der Waals surface area contributed by atoms with Gasteiger partial charge in [-0.25, -0.2) is 4.79 Å². The number of fused-ring (bicyclic) bond motifs is 1. The average Bonchev–Trinajstić information content (AvgIpc) is 2.87. The van der Waals surface area contributed by atoms with Gasteiger partial charge >= 0.3 is 6.03 Å². The van der Waals surface area contributed by atoms with Gasteiger partial charge in [0.1, 0.15) is 0 Å². The van der Waals surface area contributed by atoms with Crippen molar-refractivity contribution in [1.29, 1.82) is 0 Å². The Balaban J connectivity index is 1.68. The fraction of sp³-hybridized carbons (Fsp3) is 0.278. The first-order valence-corrected chi connectivity index (χ1v) is 8.81. The molecule has 0 unspecified atom stereocenters. The smallest absolute Gasteiger partial charge is 0.313 e. The van der Waals surface area contributed by atoms with Gasteiger partial charge in [-0.3, -0.25) is 0 Å². The van der Waals surface area contributed by atoms with Crippen LogP contribution in [-0.4, -0.2) is 17.2 Å². The topological polar surface area (TPSA) is 32.3 Å². The number of hydrogen-bond acceptors (Lipinski definition) is 2. The highest BCUT2D eigenvalue weighted by Crippen LogP contribution is 2.33. The van der Waals surface area contributed by atoms with E-state index in [1.165, 1.54) is 16.7 Å². The Kier molecular flexibility index (Phi) is 4.39. The molecular weight excluding hydrogens is 292 g/mol. The van der Waals surface area contributed by atoms with Crippen LogP contribution in [0.3, 0.4) is 0 Å². The molecule has 1 aliphatic rings. The van der Waals surface area contributed by atoms with Crippen molar-refractivity contribution in [2.75, 3.05) is 11.6 Å². The highest BCUT2D eigenvalue weighted by molar-refractivity contribution is 7.97. The summed E-state index contributed by atoms with van der Waals surface area (Å²) < 4.78 is 0. The van der Waals surface area contributed by atoms with Gasteiger partial charge in [0.25, 0.3) is 0 Å². The molecule has 2 aromatic rings. The zero-order valence-electron chi connectivity index (χ0n) is 12.9. The Morgan fingerprint density at radius 3 is 2.64 bits per heavy atom. The summed E-state index contributed by atoms with van der Waals surface area (Å²) in [5.74, 6) is 0.993. The van der Waals surface area contributed by atoms with Crippen LogP contribution in [0.5, 0.6) is 0 Å². The predicted molar refractivity (Wildman–Crippen MR) is 93.1 cm³/mol. The summed E-state index contributed by atoms with van der Waals surface area (Å²) in [7, 11) is 0. The third-order valence-corrected chi connectivity index (χ3v) is 4.71. The number of anilines is 1. The molecule has 3 rings (SSSR count). The van der Waals surface area contributed by atoms with Crippen LogP contribution in [0.25, 0.3) is 0 Å². The number of rotatable bonds is 3. The van der Waals surface area contributed by atoms with E-state index in [1.54, 1.807) is 11.8 Å². The molecule has 0 saturated carbocycles. The zero-order chi connectivity index (χ0) is 15.5. The van der Waals surface area contributed by atoms with Crippen molar-refractivity contribution in [3.63, 3.8) is 0 Å². The number of thioether (sulfide) groups is 1. The summed E-state index contributed by atoms with van der Waals surface area (Å²) >= 11 is 1.79. The van der Waals surface area contributed by atoms with Gasteiger partial charge in [0.15, 0.2) is 0 Å². The number of nitrogens with zero attached hydrogens (tertiary/aromatic N) is 1. The van der Waals surface area contributed by atoms with Gasteiger partial charge in [0.05, 0.1) is 6.04 Å². The number of carbonyl (C=O) groups is 1. The van der Waals surface area contributed by atoms with E-state index < -0.39 is 0 Å². The van der Waals surface area contributed by atoms with E-state index in [2.05, 4.69) is 42.8 Å². The molecule has 0 saturated heterocycles. The van der Waals surface area contributed by atoms with Gasteiger partial charge < -0.3 is 10.2 Å². The maximum absolute atomic E-state index is 12.5. The Hall–Kier alpha value is -1.94. The minimum absolute atomic E-state index is 0.0404. The number of hydrogen-bond donors (Lipinski definition) is 1. The van der Waals surface area contributed by atoms with Crippen LogP contribution in [0.15, 0.2) is 48.5 Å². The second-order valence-electron chi connectivity index (χ2n) is 5.56. The average molecular weight is 312 g/mol. The summed E-state index contributed by atoms with van der Waals surface area (Å²) in [6.45, 7) is 2.75. The minimum atomic E-state index is -0.0404. The van der Waals surface area contributed by atoms with Gasteiger partial charge in [0, 0.05) is 18.0 Å². The first-order chi connectivity index (χ1) is 10.7. The van der Waals surface area contributed by atoms with Gasteiger partial charge in [-0.15, -0.1) is 0 Å². The van der Waals surface area contributed by atoms with Crippen LogP contribution in [0.1, 0.15) is 29.7 Å². The molecule has 114 valence electrons. The van der Waals surface area contributed by atoms with Crippen LogP contribution in [-0.2, 0) is 12.3 Å². The Bertz CT molecular complexity index is 669. The van der Waals surface area contributed by atoms with Crippen LogP contribution in [0, 0.1) is 0 Å². The number of carbonyl (C=O) groups excluding carboxylic acids is 1. The second-order valence-corrected chi connectivity index (χ2v) is 6.43. The van der Waals surface area contributed by atoms with E-state index in [-0.39, 0.29) is 12.1 Å². The molecule has 4 heteroatoms. The largest absolute Gasteiger partial charge is 0.322 e. The summed E-state index contributed by atoms with van der Waals surface area (Å²) in [4.78, 5) is 14.4. The molecule has 2 aromatic carbocycles. The molecule has 0 aliphatic carbocycles. The van der Waals surface area contributed by atoms with Crippen LogP contribution < -0.4 is 5.32 Å². The molecule has 0 aromatic heterocycles. The number of nitrogens with one attached hydrogen (secondary N) is 1. The van der Waals surface area contributed by atoms with Gasteiger partial charge in [-0.2, -0.15) is 11.8 Å². The molecule has 0 fully saturated rings. The fourth-order valence-corrected chi connectivity index (χ4v) is 3.39. The van der Waals surface area contributed by atoms with Crippen LogP contribution in [0.4, 0.5) is 10.5 Å². The lowest BCUT2D eigenvalue weighted by Crippen LogP contribution is -2.32. The lowest BCUT2D eigenvalue weighted by Gasteiger charge is -2.22. The summed E-state index contributed by atoms with van der Waals surface area (Å²) in [5.41, 5.74) is 4.60. The SMILES string of the molecule is CSCc1ccc(NC(=O)N2Cc3ccccc3[C@H]2C)cc1. The minimum Gasteiger partial charge on any atom is -0.313 e. The molecule has 0 radical (unpaired) electrons. The van der Waals surface area contributed by atoms with E-state index in [1.807, 2.05) is 29.2 Å². The highest BCUT2D eigenvalue weighted by Gasteiger charge is 2.29. The first-order valence-electron chi connectivity index (χ1n) is 7.42. The van der Waals surface area contributed by atoms with Crippen molar-refractivity contribution < 1.29 is 4.79 Å². The van der Waals surface area contributed by atoms with Crippen LogP contribution in [0.2, 0.25) is 0 Å². The van der Waals surface area contributed by atoms with E-state index >= 15 is 0 Å². The third kappa shape index (κ3) is 2.97. The van der Waals surface area contributed by atoms with Crippen LogP contribution >= 0.6 is 11.8 Å². The normalized spacial score (nSPS) is 16.5. The van der Waals surface area contributed by atoms with E-state index in [9.17, 15) is 4.79 Å². The van der Waals surface area contributed by atoms with Gasteiger partial charge in [-0.1, -0.05) is 36.4 Å². The molecule has 2 amide bonds. The maximum atomic E-state index is 12.5. The quantitative estimate of drug-likeness (QED) is 0.894. The third-order valence-electron chi connectivity index (χ3n) is 4.09. The second kappa shape index (κ2) is 6.44. The predicted octanol–water partition coefficient (Wildman–Crippen LogP) is 4.66. The number of urea groups is 1. The summed E-state index contributed by atoms with van der Waals surface area (Å²) in [6, 6.07) is 16.4. The van der Waals surface area contributed by atoms with Crippen molar-refractivity contribution in [1.82, 2.24) is 4.90 Å². The Labute approximate surface area is 135 Å². The molecule has 1 atom stereocenters. The van der Waals surface area contributed by atoms with Gasteiger partial charge in [-0.05, 0) is 42.0 Å². The van der Waals surface area contributed by atoms with E-state index in [0.717, 1.165) is 11.4 Å². The maximum Gasteiger partial charge on any atom is 0.322 e. The molecule has 0 bridgehead atoms. The Morgan fingerprint density at radius 1 is 1.23 bits per heavy atom. The van der Waals surface area contributed by atoms with E-state index in [4.69, 9.17) is 0 Å². The standard InChI is InChI=1S/C18H20N2OS/c1-13-17-6-4-3-5-15(17)11-20(13)18(21)19-16-9-7-14(8-10-16)12-22-2/h3-10,13H,11-12H2,1-2H3,(H,19,21)/t13-/m1/s1. The molecule has 1 N–H and O–H groups in total. The van der Waals surface area contributed by atoms with Crippen molar-refractivity contribution in [3.05, 3.63) is 65.2 Å². The molecule has 1 aliphatic heterocycles. The summed E-state index contributed by atoms with van der Waals surface area (Å²) in [5, 5.41) is 3.00. The van der Waals surface area contributed by atoms with Crippen molar-refractivity contribution >= 4 is 23.5 Å². The molecule has 3 nitrogen and oxygen atoms in total. The van der Waals surface area contributed by atoms with Crippen molar-refractivity contribution in [2.24, 2.45) is 0 Å². The van der Waals surface area contributed by atoms with E-state index in [0.29, 0.717) is 6.54 Å². The Morgan fingerprint density at radius 2 is 1.95 bits per heavy atom. The first kappa shape index (κ1) is 15.0. The number of amides is 2. The highest BCUT2D eigenvalue weighted by atomic mass is 32.2. The lowest BCUT2D eigenvalue weighted by molar-refractivity contribution is 0.199. The zero-order valence-corrected chi connectivity index (χ0v) is 13.7. The van der Waals surface area contributed by atoms with Crippen molar-refractivity contribution in [2.45, 2.75) is 25.3 Å². The molecular formula is C18H20N2OS. The van der Waals surface area contributed by atoms with Crippen molar-refractivity contribution in [3.8, 4) is 0 Å². The summed E-state index contributed by atoms with van der Waals surface area (Å²) in [6.07, 6.45) is 2.09.